The smallest absolute Gasteiger partial charge is 0.269 e. The third-order valence-corrected chi connectivity index (χ3v) is 7.25. The fraction of sp³-hybridized carbons (Fsp3) is 0.261. The van der Waals surface area contributed by atoms with Gasteiger partial charge in [0.1, 0.15) is 15.5 Å². The molecule has 0 saturated carbocycles. The highest BCUT2D eigenvalue weighted by Crippen LogP contribution is 2.44. The summed E-state index contributed by atoms with van der Waals surface area (Å²) in [5.41, 5.74) is 11.6. The largest absolute Gasteiger partial charge is 0.494 e. The van der Waals surface area contributed by atoms with Gasteiger partial charge in [-0.15, -0.1) is 22.7 Å². The van der Waals surface area contributed by atoms with Gasteiger partial charge in [0.25, 0.3) is 5.91 Å². The van der Waals surface area contributed by atoms with Crippen LogP contribution in [-0.2, 0) is 12.8 Å². The normalized spacial score (nSPS) is 13.2. The van der Waals surface area contributed by atoms with Crippen molar-refractivity contribution >= 4 is 49.6 Å². The molecule has 3 aromatic heterocycles. The molecule has 0 saturated heterocycles. The van der Waals surface area contributed by atoms with Gasteiger partial charge in [-0.2, -0.15) is 0 Å². The molecular formula is C23H22N4O2S2. The number of fused-ring (bicyclic) bond motifs is 2. The van der Waals surface area contributed by atoms with Crippen molar-refractivity contribution in [2.75, 3.05) is 17.7 Å². The maximum absolute atomic E-state index is 12.9. The Morgan fingerprint density at radius 2 is 2.03 bits per heavy atom. The number of anilines is 2. The number of hydrogen-bond acceptors (Lipinski definition) is 7. The molecule has 1 aliphatic rings. The number of carbonyl (C=O) groups excluding carboxylic acids is 1. The van der Waals surface area contributed by atoms with Crippen molar-refractivity contribution in [2.24, 2.45) is 0 Å². The van der Waals surface area contributed by atoms with Gasteiger partial charge >= 0.3 is 0 Å². The molecule has 6 nitrogen and oxygen atoms in total. The molecule has 1 amide bonds. The second-order valence-electron chi connectivity index (χ2n) is 7.39. The van der Waals surface area contributed by atoms with E-state index in [0.717, 1.165) is 58.5 Å². The average molecular weight is 451 g/mol. The molecule has 5 rings (SSSR count). The molecule has 4 aromatic rings. The Labute approximate surface area is 188 Å². The van der Waals surface area contributed by atoms with Gasteiger partial charge in [0.2, 0.25) is 0 Å². The summed E-state index contributed by atoms with van der Waals surface area (Å²) < 4.78 is 5.61. The minimum Gasteiger partial charge on any atom is -0.494 e. The second-order valence-corrected chi connectivity index (χ2v) is 9.29. The van der Waals surface area contributed by atoms with Crippen LogP contribution in [0.4, 0.5) is 10.8 Å². The summed E-state index contributed by atoms with van der Waals surface area (Å²) in [6.07, 6.45) is 5.84. The standard InChI is InChI=1S/C23H22N4O2S2/c1-2-29-14-9-7-13(8-10-14)17-15-5-3-4-6-16(15)26-22-18(17)19(24)20(31-22)21(28)27-23-25-11-12-30-23/h7-12H,2-6,24H2,1H3,(H,25,27,28). The maximum atomic E-state index is 12.9. The molecule has 0 aliphatic heterocycles. The molecule has 158 valence electrons. The van der Waals surface area contributed by atoms with Gasteiger partial charge in [-0.1, -0.05) is 12.1 Å². The average Bonchev–Trinajstić information content (AvgIpc) is 3.41. The van der Waals surface area contributed by atoms with Crippen LogP contribution in [0.25, 0.3) is 21.3 Å². The maximum Gasteiger partial charge on any atom is 0.269 e. The van der Waals surface area contributed by atoms with Crippen molar-refractivity contribution in [1.82, 2.24) is 9.97 Å². The van der Waals surface area contributed by atoms with Crippen LogP contribution in [0.2, 0.25) is 0 Å². The summed E-state index contributed by atoms with van der Waals surface area (Å²) in [5.74, 6) is 0.596. The van der Waals surface area contributed by atoms with Crippen LogP contribution in [0, 0.1) is 0 Å². The lowest BCUT2D eigenvalue weighted by molar-refractivity contribution is 0.103. The van der Waals surface area contributed by atoms with Crippen LogP contribution in [-0.4, -0.2) is 22.5 Å². The highest BCUT2D eigenvalue weighted by molar-refractivity contribution is 7.21. The monoisotopic (exact) mass is 450 g/mol. The Morgan fingerprint density at radius 3 is 2.77 bits per heavy atom. The third kappa shape index (κ3) is 3.66. The lowest BCUT2D eigenvalue weighted by Gasteiger charge is -2.20. The number of thiazole rings is 1. The number of ether oxygens (including phenoxy) is 1. The molecule has 3 N–H and O–H groups in total. The molecule has 0 unspecified atom stereocenters. The minimum atomic E-state index is -0.244. The summed E-state index contributed by atoms with van der Waals surface area (Å²) in [6.45, 7) is 2.60. The number of benzene rings is 1. The minimum absolute atomic E-state index is 0.244. The van der Waals surface area contributed by atoms with E-state index in [4.69, 9.17) is 15.5 Å². The number of carbonyl (C=O) groups is 1. The zero-order valence-corrected chi connectivity index (χ0v) is 18.7. The number of amides is 1. The second kappa shape index (κ2) is 8.28. The van der Waals surface area contributed by atoms with Gasteiger partial charge in [0.15, 0.2) is 5.13 Å². The summed E-state index contributed by atoms with van der Waals surface area (Å²) in [4.78, 5) is 23.3. The molecule has 1 aromatic carbocycles. The Balaban J connectivity index is 1.67. The van der Waals surface area contributed by atoms with E-state index >= 15 is 0 Å². The van der Waals surface area contributed by atoms with Crippen LogP contribution >= 0.6 is 22.7 Å². The van der Waals surface area contributed by atoms with E-state index in [1.807, 2.05) is 24.4 Å². The third-order valence-electron chi connectivity index (χ3n) is 5.47. The molecule has 8 heteroatoms. The summed E-state index contributed by atoms with van der Waals surface area (Å²) in [6, 6.07) is 8.11. The van der Waals surface area contributed by atoms with Crippen LogP contribution in [0.15, 0.2) is 35.8 Å². The quantitative estimate of drug-likeness (QED) is 0.417. The fourth-order valence-electron chi connectivity index (χ4n) is 4.12. The molecule has 0 spiro atoms. The Hall–Kier alpha value is -2.97. The Kier molecular flexibility index (Phi) is 5.33. The first-order valence-electron chi connectivity index (χ1n) is 10.3. The number of rotatable bonds is 5. The van der Waals surface area contributed by atoms with E-state index in [0.29, 0.717) is 22.3 Å². The number of aromatic nitrogens is 2. The summed E-state index contributed by atoms with van der Waals surface area (Å²) >= 11 is 2.73. The summed E-state index contributed by atoms with van der Waals surface area (Å²) in [7, 11) is 0. The number of aryl methyl sites for hydroxylation is 1. The molecular weight excluding hydrogens is 428 g/mol. The molecule has 0 fully saturated rings. The van der Waals surface area contributed by atoms with Crippen LogP contribution < -0.4 is 15.8 Å². The first-order valence-corrected chi connectivity index (χ1v) is 12.0. The van der Waals surface area contributed by atoms with Crippen LogP contribution in [0.5, 0.6) is 5.75 Å². The Bertz CT molecular complexity index is 1250. The van der Waals surface area contributed by atoms with Crippen molar-refractivity contribution in [3.05, 3.63) is 52.0 Å². The zero-order chi connectivity index (χ0) is 21.4. The lowest BCUT2D eigenvalue weighted by atomic mass is 9.87. The van der Waals surface area contributed by atoms with Crippen molar-refractivity contribution in [3.63, 3.8) is 0 Å². The number of pyridine rings is 1. The molecule has 31 heavy (non-hydrogen) atoms. The zero-order valence-electron chi connectivity index (χ0n) is 17.1. The van der Waals surface area contributed by atoms with Gasteiger partial charge in [0, 0.05) is 22.7 Å². The van der Waals surface area contributed by atoms with Crippen LogP contribution in [0.3, 0.4) is 0 Å². The predicted octanol–water partition coefficient (Wildman–Crippen LogP) is 5.53. The van der Waals surface area contributed by atoms with Crippen molar-refractivity contribution in [3.8, 4) is 16.9 Å². The number of thiophene rings is 1. The Morgan fingerprint density at radius 1 is 1.23 bits per heavy atom. The highest BCUT2D eigenvalue weighted by atomic mass is 32.1. The number of nitrogens with zero attached hydrogens (tertiary/aromatic N) is 2. The van der Waals surface area contributed by atoms with Gasteiger partial charge in [-0.3, -0.25) is 10.1 Å². The molecule has 3 heterocycles. The molecule has 0 atom stereocenters. The fourth-order valence-corrected chi connectivity index (χ4v) is 5.66. The van der Waals surface area contributed by atoms with Crippen molar-refractivity contribution < 1.29 is 9.53 Å². The SMILES string of the molecule is CCOc1ccc(-c2c3c(nc4sc(C(=O)Nc5nccs5)c(N)c24)CCCC3)cc1. The lowest BCUT2D eigenvalue weighted by Crippen LogP contribution is -2.11. The molecule has 0 radical (unpaired) electrons. The van der Waals surface area contributed by atoms with E-state index in [1.54, 1.807) is 6.20 Å². The number of hydrogen-bond donors (Lipinski definition) is 2. The van der Waals surface area contributed by atoms with E-state index < -0.39 is 0 Å². The van der Waals surface area contributed by atoms with Gasteiger partial charge in [-0.05, 0) is 61.4 Å². The molecule has 1 aliphatic carbocycles. The van der Waals surface area contributed by atoms with E-state index in [-0.39, 0.29) is 5.91 Å². The van der Waals surface area contributed by atoms with Crippen molar-refractivity contribution in [1.29, 1.82) is 0 Å². The van der Waals surface area contributed by atoms with Gasteiger partial charge in [-0.25, -0.2) is 9.97 Å². The van der Waals surface area contributed by atoms with Crippen LogP contribution in [0.1, 0.15) is 40.7 Å². The first-order chi connectivity index (χ1) is 15.2. The van der Waals surface area contributed by atoms with E-state index in [2.05, 4.69) is 22.4 Å². The van der Waals surface area contributed by atoms with Crippen molar-refractivity contribution in [2.45, 2.75) is 32.6 Å². The number of nitrogen functional groups attached to an aromatic ring is 1. The molecule has 0 bridgehead atoms. The number of nitrogens with one attached hydrogen (secondary N) is 1. The van der Waals surface area contributed by atoms with E-state index in [9.17, 15) is 4.79 Å². The van der Waals surface area contributed by atoms with E-state index in [1.165, 1.54) is 28.2 Å². The topological polar surface area (TPSA) is 90.1 Å². The summed E-state index contributed by atoms with van der Waals surface area (Å²) in [5, 5.41) is 6.10. The number of nitrogens with two attached hydrogens (primary N) is 1. The predicted molar refractivity (Wildman–Crippen MR) is 127 cm³/mol. The van der Waals surface area contributed by atoms with Gasteiger partial charge < -0.3 is 10.5 Å². The highest BCUT2D eigenvalue weighted by Gasteiger charge is 2.26. The first kappa shape index (κ1) is 20.0. The van der Waals surface area contributed by atoms with Gasteiger partial charge in [0.05, 0.1) is 12.3 Å².